The highest BCUT2D eigenvalue weighted by atomic mass is 32.2. The van der Waals surface area contributed by atoms with Gasteiger partial charge in [0.2, 0.25) is 5.88 Å². The Morgan fingerprint density at radius 1 is 1.12 bits per heavy atom. The van der Waals surface area contributed by atoms with E-state index in [4.69, 9.17) is 9.73 Å². The van der Waals surface area contributed by atoms with Crippen molar-refractivity contribution in [1.29, 1.82) is 0 Å². The molecule has 2 aromatic carbocycles. The number of carbonyl (C=O) groups is 1. The van der Waals surface area contributed by atoms with E-state index in [0.29, 0.717) is 28.8 Å². The average Bonchev–Trinajstić information content (AvgIpc) is 2.97. The molecular weight excluding hydrogens is 527 g/mol. The number of thioether (sulfide) groups is 1. The van der Waals surface area contributed by atoms with Gasteiger partial charge in [0.25, 0.3) is 5.91 Å². The lowest BCUT2D eigenvalue weighted by atomic mass is 9.66. The van der Waals surface area contributed by atoms with Crippen molar-refractivity contribution in [3.63, 3.8) is 0 Å². The second-order valence-corrected chi connectivity index (χ2v) is 11.1. The lowest BCUT2D eigenvalue weighted by Crippen LogP contribution is -2.48. The summed E-state index contributed by atoms with van der Waals surface area (Å²) in [5, 5.41) is 13.7. The summed E-state index contributed by atoms with van der Waals surface area (Å²) < 4.78 is 21.3. The molecular formula is C31H27FN4O3S. The Kier molecular flexibility index (Phi) is 6.75. The summed E-state index contributed by atoms with van der Waals surface area (Å²) in [6.45, 7) is 2.03. The number of phenolic OH excluding ortho intramolecular Hbond substituents is 1. The number of benzene rings is 2. The van der Waals surface area contributed by atoms with Crippen molar-refractivity contribution in [3.8, 4) is 22.8 Å². The minimum Gasteiger partial charge on any atom is -0.508 e. The first-order chi connectivity index (χ1) is 19.4. The molecule has 40 heavy (non-hydrogen) atoms. The first-order valence-electron chi connectivity index (χ1n) is 12.9. The number of aromatic nitrogens is 2. The van der Waals surface area contributed by atoms with E-state index in [1.54, 1.807) is 37.6 Å². The number of aryl methyl sites for hydroxylation is 1. The number of aliphatic imine (C=N–C) groups is 1. The Hall–Kier alpha value is -4.24. The Labute approximate surface area is 235 Å². The van der Waals surface area contributed by atoms with Crippen LogP contribution in [-0.4, -0.2) is 39.0 Å². The third kappa shape index (κ3) is 4.50. The maximum Gasteiger partial charge on any atom is 0.257 e. The first kappa shape index (κ1) is 26.0. The standard InChI is InChI=1S/C31H27FN4O3S/c1-18-10-11-33-15-24(18)25-16-34-29(39-2)23-14-31(26-13-21(37)8-9-27(26)32)20(12-22(23)25)17-40-30(36-31)35-28(38)19-6-4-3-5-7-19/h3-11,13,15-16,20,37H,12,14,17H2,1-2H3,(H,35,36,38)/t20-,31-/m0/s1. The van der Waals surface area contributed by atoms with Crippen molar-refractivity contribution in [2.24, 2.45) is 10.9 Å². The zero-order valence-corrected chi connectivity index (χ0v) is 22.8. The fraction of sp³-hybridized carbons (Fsp3) is 0.226. The molecule has 0 bridgehead atoms. The van der Waals surface area contributed by atoms with Crippen molar-refractivity contribution in [2.45, 2.75) is 25.3 Å². The predicted molar refractivity (Wildman–Crippen MR) is 153 cm³/mol. The van der Waals surface area contributed by atoms with Crippen LogP contribution in [0.5, 0.6) is 11.6 Å². The number of nitrogens with one attached hydrogen (secondary N) is 1. The van der Waals surface area contributed by atoms with E-state index in [1.807, 2.05) is 31.5 Å². The summed E-state index contributed by atoms with van der Waals surface area (Å²) >= 11 is 1.44. The molecule has 4 aromatic rings. The van der Waals surface area contributed by atoms with Crippen molar-refractivity contribution in [3.05, 3.63) is 107 Å². The maximum absolute atomic E-state index is 15.6. The van der Waals surface area contributed by atoms with Crippen LogP contribution < -0.4 is 10.1 Å². The lowest BCUT2D eigenvalue weighted by molar-refractivity contribution is 0.0977. The number of fused-ring (bicyclic) bond motifs is 2. The van der Waals surface area contributed by atoms with Crippen LogP contribution in [0.25, 0.3) is 11.1 Å². The Morgan fingerprint density at radius 3 is 2.73 bits per heavy atom. The third-order valence-electron chi connectivity index (χ3n) is 7.75. The number of carbonyl (C=O) groups excluding carboxylic acids is 1. The minimum absolute atomic E-state index is 0.0524. The molecule has 2 N–H and O–H groups in total. The van der Waals surface area contributed by atoms with Crippen LogP contribution in [0.1, 0.15) is 32.6 Å². The average molecular weight is 555 g/mol. The van der Waals surface area contributed by atoms with Gasteiger partial charge in [-0.2, -0.15) is 0 Å². The molecule has 202 valence electrons. The van der Waals surface area contributed by atoms with Gasteiger partial charge in [0.1, 0.15) is 11.6 Å². The first-order valence-corrected chi connectivity index (χ1v) is 13.9. The van der Waals surface area contributed by atoms with Crippen molar-refractivity contribution >= 4 is 22.8 Å². The molecule has 0 unspecified atom stereocenters. The monoisotopic (exact) mass is 554 g/mol. The molecule has 0 spiro atoms. The third-order valence-corrected chi connectivity index (χ3v) is 8.78. The van der Waals surface area contributed by atoms with Crippen LogP contribution in [0.15, 0.2) is 78.2 Å². The number of hydrogen-bond donors (Lipinski definition) is 2. The van der Waals surface area contributed by atoms with E-state index in [0.717, 1.165) is 27.8 Å². The van der Waals surface area contributed by atoms with Gasteiger partial charge in [-0.1, -0.05) is 30.0 Å². The molecule has 2 aliphatic rings. The SMILES string of the molecule is COc1ncc(-c2cnccc2C)c2c1C[C@]1(c3cc(O)ccc3F)N=C(NC(=O)c3ccccc3)SC[C@@H]1C2. The van der Waals surface area contributed by atoms with Gasteiger partial charge in [-0.05, 0) is 60.9 Å². The molecule has 0 radical (unpaired) electrons. The van der Waals surface area contributed by atoms with Crippen LogP contribution in [0, 0.1) is 18.7 Å². The van der Waals surface area contributed by atoms with E-state index < -0.39 is 11.4 Å². The fourth-order valence-electron chi connectivity index (χ4n) is 5.73. The number of aromatic hydroxyl groups is 1. The van der Waals surface area contributed by atoms with E-state index in [-0.39, 0.29) is 29.6 Å². The van der Waals surface area contributed by atoms with Gasteiger partial charge in [-0.15, -0.1) is 0 Å². The molecule has 7 nitrogen and oxygen atoms in total. The number of hydrogen-bond acceptors (Lipinski definition) is 7. The van der Waals surface area contributed by atoms with Crippen molar-refractivity contribution in [1.82, 2.24) is 15.3 Å². The molecule has 3 heterocycles. The summed E-state index contributed by atoms with van der Waals surface area (Å²) in [6, 6.07) is 14.9. The Balaban J connectivity index is 1.52. The summed E-state index contributed by atoms with van der Waals surface area (Å²) in [5.74, 6) is 0.0776. The zero-order valence-electron chi connectivity index (χ0n) is 22.0. The Morgan fingerprint density at radius 2 is 1.95 bits per heavy atom. The van der Waals surface area contributed by atoms with Gasteiger partial charge in [0.15, 0.2) is 5.17 Å². The molecule has 0 saturated heterocycles. The number of nitrogens with zero attached hydrogens (tertiary/aromatic N) is 3. The maximum atomic E-state index is 15.6. The minimum atomic E-state index is -1.10. The predicted octanol–water partition coefficient (Wildman–Crippen LogP) is 5.45. The molecule has 6 rings (SSSR count). The van der Waals surface area contributed by atoms with Crippen LogP contribution in [-0.2, 0) is 18.4 Å². The summed E-state index contributed by atoms with van der Waals surface area (Å²) in [5.41, 5.74) is 4.58. The number of rotatable bonds is 4. The molecule has 1 aliphatic carbocycles. The molecule has 2 atom stereocenters. The summed E-state index contributed by atoms with van der Waals surface area (Å²) in [4.78, 5) is 27.0. The van der Waals surface area contributed by atoms with Crippen LogP contribution in [0.4, 0.5) is 4.39 Å². The second-order valence-electron chi connectivity index (χ2n) is 10.0. The van der Waals surface area contributed by atoms with Gasteiger partial charge in [0, 0.05) is 64.5 Å². The number of halogens is 1. The normalized spacial score (nSPS) is 19.7. The number of ether oxygens (including phenoxy) is 1. The summed E-state index contributed by atoms with van der Waals surface area (Å²) in [6.07, 6.45) is 6.26. The molecule has 0 saturated carbocycles. The molecule has 0 fully saturated rings. The van der Waals surface area contributed by atoms with Crippen LogP contribution in [0.2, 0.25) is 0 Å². The smallest absolute Gasteiger partial charge is 0.257 e. The number of methoxy groups -OCH3 is 1. The highest BCUT2D eigenvalue weighted by Crippen LogP contribution is 2.52. The molecule has 2 aromatic heterocycles. The fourth-order valence-corrected chi connectivity index (χ4v) is 6.88. The lowest BCUT2D eigenvalue weighted by Gasteiger charge is -2.45. The summed E-state index contributed by atoms with van der Waals surface area (Å²) in [7, 11) is 1.57. The van der Waals surface area contributed by atoms with E-state index >= 15 is 4.39 Å². The van der Waals surface area contributed by atoms with Gasteiger partial charge < -0.3 is 15.2 Å². The quantitative estimate of drug-likeness (QED) is 0.348. The molecule has 1 aliphatic heterocycles. The topological polar surface area (TPSA) is 96.7 Å². The second kappa shape index (κ2) is 10.4. The van der Waals surface area contributed by atoms with Crippen molar-refractivity contribution < 1.29 is 19.0 Å². The van der Waals surface area contributed by atoms with Gasteiger partial charge in [0.05, 0.1) is 12.6 Å². The van der Waals surface area contributed by atoms with Gasteiger partial charge >= 0.3 is 0 Å². The van der Waals surface area contributed by atoms with Crippen molar-refractivity contribution in [2.75, 3.05) is 12.9 Å². The highest BCUT2D eigenvalue weighted by Gasteiger charge is 2.50. The number of amides is 1. The number of amidine groups is 1. The van der Waals surface area contributed by atoms with Gasteiger partial charge in [-0.3, -0.25) is 9.78 Å². The number of phenols is 1. The largest absolute Gasteiger partial charge is 0.508 e. The van der Waals surface area contributed by atoms with Gasteiger partial charge in [-0.25, -0.2) is 14.4 Å². The molecule has 1 amide bonds. The zero-order chi connectivity index (χ0) is 27.9. The Bertz CT molecular complexity index is 1650. The highest BCUT2D eigenvalue weighted by molar-refractivity contribution is 8.13. The number of pyridine rings is 2. The van der Waals surface area contributed by atoms with Crippen LogP contribution in [0.3, 0.4) is 0 Å². The van der Waals surface area contributed by atoms with E-state index in [9.17, 15) is 9.90 Å². The van der Waals surface area contributed by atoms with Crippen LogP contribution >= 0.6 is 11.8 Å². The molecule has 9 heteroatoms. The van der Waals surface area contributed by atoms with E-state index in [2.05, 4.69) is 15.3 Å². The van der Waals surface area contributed by atoms with E-state index in [1.165, 1.54) is 30.0 Å².